The van der Waals surface area contributed by atoms with Crippen LogP contribution in [0.15, 0.2) is 9.59 Å². The summed E-state index contributed by atoms with van der Waals surface area (Å²) in [5.41, 5.74) is -2.88. The van der Waals surface area contributed by atoms with Crippen molar-refractivity contribution in [1.29, 1.82) is 0 Å². The summed E-state index contributed by atoms with van der Waals surface area (Å²) >= 11 is 0. The van der Waals surface area contributed by atoms with E-state index in [-0.39, 0.29) is 0 Å². The number of halogens is 2. The van der Waals surface area contributed by atoms with Crippen LogP contribution in [0.25, 0.3) is 0 Å². The molecular formula is C11H10F2N2O4. The van der Waals surface area contributed by atoms with Crippen molar-refractivity contribution in [2.45, 2.75) is 13.5 Å². The highest BCUT2D eigenvalue weighted by Crippen LogP contribution is 1.99. The average molecular weight is 272 g/mol. The zero-order chi connectivity index (χ0) is 14.6. The second kappa shape index (κ2) is 5.95. The van der Waals surface area contributed by atoms with Crippen LogP contribution in [0.1, 0.15) is 5.69 Å². The molecule has 1 aromatic rings. The van der Waals surface area contributed by atoms with Crippen molar-refractivity contribution in [2.75, 3.05) is 13.3 Å². The molecule has 0 bridgehead atoms. The highest BCUT2D eigenvalue weighted by molar-refractivity contribution is 5.71. The second-order valence-corrected chi connectivity index (χ2v) is 3.42. The molecule has 8 heteroatoms. The lowest BCUT2D eigenvalue weighted by atomic mass is 10.4. The number of rotatable bonds is 3. The van der Waals surface area contributed by atoms with Crippen molar-refractivity contribution >= 4 is 6.09 Å². The van der Waals surface area contributed by atoms with Gasteiger partial charge in [-0.15, -0.1) is 6.42 Å². The van der Waals surface area contributed by atoms with Gasteiger partial charge in [0.05, 0.1) is 12.2 Å². The van der Waals surface area contributed by atoms with Gasteiger partial charge in [-0.2, -0.15) is 8.96 Å². The molecule has 0 radical (unpaired) electrons. The molecule has 0 aromatic carbocycles. The monoisotopic (exact) mass is 272 g/mol. The second-order valence-electron chi connectivity index (χ2n) is 3.42. The Morgan fingerprint density at radius 3 is 2.63 bits per heavy atom. The lowest BCUT2D eigenvalue weighted by Gasteiger charge is -2.11. The summed E-state index contributed by atoms with van der Waals surface area (Å²) in [5, 5.41) is 0. The van der Waals surface area contributed by atoms with Crippen molar-refractivity contribution in [2.24, 2.45) is 0 Å². The van der Waals surface area contributed by atoms with Crippen LogP contribution in [0.2, 0.25) is 0 Å². The molecule has 0 aliphatic carbocycles. The van der Waals surface area contributed by atoms with Gasteiger partial charge in [0.15, 0.2) is 0 Å². The molecule has 0 N–H and O–H groups in total. The molecule has 6 nitrogen and oxygen atoms in total. The minimum Gasteiger partial charge on any atom is -0.446 e. The Balaban J connectivity index is 3.49. The minimum atomic E-state index is -1.30. The van der Waals surface area contributed by atoms with Crippen molar-refractivity contribution in [3.8, 4) is 12.3 Å². The number of carbonyl (C=O) groups excluding carboxylic acids is 1. The van der Waals surface area contributed by atoms with Crippen LogP contribution in [-0.4, -0.2) is 28.5 Å². The number of carbonyl (C=O) groups is 1. The smallest absolute Gasteiger partial charge is 0.422 e. The fraction of sp³-hybridized carbons (Fsp3) is 0.364. The van der Waals surface area contributed by atoms with E-state index in [4.69, 9.17) is 6.42 Å². The lowest BCUT2D eigenvalue weighted by molar-refractivity contribution is 0.136. The Morgan fingerprint density at radius 1 is 1.47 bits per heavy atom. The molecule has 0 aliphatic rings. The highest BCUT2D eigenvalue weighted by atomic mass is 19.1. The third-order valence-corrected chi connectivity index (χ3v) is 2.24. The van der Waals surface area contributed by atoms with E-state index in [0.717, 1.165) is 6.92 Å². The highest BCUT2D eigenvalue weighted by Gasteiger charge is 2.21. The SMILES string of the molecule is C#CCn1c(=O)c(F)c(C)n(C(=O)OCCF)c1=O. The van der Waals surface area contributed by atoms with Crippen LogP contribution in [0, 0.1) is 25.1 Å². The summed E-state index contributed by atoms with van der Waals surface area (Å²) in [6, 6.07) is 0. The Morgan fingerprint density at radius 2 is 2.11 bits per heavy atom. The summed E-state index contributed by atoms with van der Waals surface area (Å²) < 4.78 is 30.5. The largest absolute Gasteiger partial charge is 0.446 e. The fourth-order valence-corrected chi connectivity index (χ4v) is 1.36. The van der Waals surface area contributed by atoms with Crippen molar-refractivity contribution in [1.82, 2.24) is 9.13 Å². The Hall–Kier alpha value is -2.43. The van der Waals surface area contributed by atoms with Crippen LogP contribution in [0.4, 0.5) is 13.6 Å². The maximum Gasteiger partial charge on any atom is 0.422 e. The molecule has 0 unspecified atom stereocenters. The van der Waals surface area contributed by atoms with Crippen LogP contribution in [0.3, 0.4) is 0 Å². The summed E-state index contributed by atoms with van der Waals surface area (Å²) in [5.74, 6) is 0.693. The fourth-order valence-electron chi connectivity index (χ4n) is 1.36. The van der Waals surface area contributed by atoms with Crippen molar-refractivity contribution < 1.29 is 18.3 Å². The number of ether oxygens (including phenoxy) is 1. The molecule has 0 fully saturated rings. The van der Waals surface area contributed by atoms with Gasteiger partial charge >= 0.3 is 11.8 Å². The molecule has 1 rings (SSSR count). The first-order valence-electron chi connectivity index (χ1n) is 5.14. The summed E-state index contributed by atoms with van der Waals surface area (Å²) in [7, 11) is 0. The molecule has 0 spiro atoms. The zero-order valence-corrected chi connectivity index (χ0v) is 9.98. The number of hydrogen-bond acceptors (Lipinski definition) is 4. The zero-order valence-electron chi connectivity index (χ0n) is 9.98. The first kappa shape index (κ1) is 14.6. The van der Waals surface area contributed by atoms with Crippen molar-refractivity contribution in [3.05, 3.63) is 32.3 Å². The van der Waals surface area contributed by atoms with E-state index < -0.39 is 48.7 Å². The van der Waals surface area contributed by atoms with Crippen molar-refractivity contribution in [3.63, 3.8) is 0 Å². The molecule has 19 heavy (non-hydrogen) atoms. The van der Waals surface area contributed by atoms with Gasteiger partial charge in [-0.25, -0.2) is 18.5 Å². The number of nitrogens with zero attached hydrogens (tertiary/aromatic N) is 2. The van der Waals surface area contributed by atoms with Crippen LogP contribution >= 0.6 is 0 Å². The Labute approximate surface area is 106 Å². The van der Waals surface area contributed by atoms with E-state index in [1.807, 2.05) is 5.92 Å². The van der Waals surface area contributed by atoms with E-state index in [9.17, 15) is 23.2 Å². The molecule has 0 amide bonds. The number of aromatic nitrogens is 2. The average Bonchev–Trinajstić information content (AvgIpc) is 2.39. The number of alkyl halides is 1. The van der Waals surface area contributed by atoms with Crippen LogP contribution in [0.5, 0.6) is 0 Å². The van der Waals surface area contributed by atoms with E-state index in [1.165, 1.54) is 0 Å². The normalized spacial score (nSPS) is 10.0. The number of hydrogen-bond donors (Lipinski definition) is 0. The minimum absolute atomic E-state index is 0.295. The first-order chi connectivity index (χ1) is 8.95. The van der Waals surface area contributed by atoms with Gasteiger partial charge in [-0.05, 0) is 6.92 Å². The van der Waals surface area contributed by atoms with Gasteiger partial charge < -0.3 is 4.74 Å². The molecule has 0 saturated carbocycles. The maximum atomic E-state index is 13.6. The van der Waals surface area contributed by atoms with Gasteiger partial charge in [0.2, 0.25) is 5.82 Å². The first-order valence-corrected chi connectivity index (χ1v) is 5.14. The van der Waals surface area contributed by atoms with E-state index in [1.54, 1.807) is 0 Å². The lowest BCUT2D eigenvalue weighted by Crippen LogP contribution is -2.45. The van der Waals surface area contributed by atoms with Gasteiger partial charge in [0, 0.05) is 0 Å². The van der Waals surface area contributed by atoms with E-state index in [0.29, 0.717) is 9.13 Å². The van der Waals surface area contributed by atoms with Crippen LogP contribution in [-0.2, 0) is 11.3 Å². The maximum absolute atomic E-state index is 13.6. The molecule has 0 saturated heterocycles. The molecule has 0 aliphatic heterocycles. The third-order valence-electron chi connectivity index (χ3n) is 2.24. The summed E-state index contributed by atoms with van der Waals surface area (Å²) in [6.45, 7) is -0.979. The summed E-state index contributed by atoms with van der Waals surface area (Å²) in [6.07, 6.45) is 3.67. The quantitative estimate of drug-likeness (QED) is 0.729. The predicted octanol–water partition coefficient (Wildman–Crippen LogP) is 0.0449. The van der Waals surface area contributed by atoms with E-state index in [2.05, 4.69) is 4.74 Å². The van der Waals surface area contributed by atoms with E-state index >= 15 is 0 Å². The van der Waals surface area contributed by atoms with Crippen LogP contribution < -0.4 is 11.2 Å². The molecule has 102 valence electrons. The standard InChI is InChI=1S/C11H10F2N2O4/c1-3-5-14-9(16)8(13)7(2)15(10(14)17)11(18)19-6-4-12/h1H,4-6H2,2H3. The van der Waals surface area contributed by atoms with Gasteiger partial charge in [-0.3, -0.25) is 4.79 Å². The predicted molar refractivity (Wildman–Crippen MR) is 61.2 cm³/mol. The third kappa shape index (κ3) is 2.70. The molecule has 0 atom stereocenters. The topological polar surface area (TPSA) is 70.3 Å². The molecular weight excluding hydrogens is 262 g/mol. The van der Waals surface area contributed by atoms with Gasteiger partial charge in [0.1, 0.15) is 13.3 Å². The van der Waals surface area contributed by atoms with Gasteiger partial charge in [-0.1, -0.05) is 5.92 Å². The molecule has 1 aromatic heterocycles. The Bertz CT molecular complexity index is 654. The summed E-state index contributed by atoms with van der Waals surface area (Å²) in [4.78, 5) is 34.8. The Kier molecular flexibility index (Phi) is 4.58. The van der Waals surface area contributed by atoms with Gasteiger partial charge in [0.25, 0.3) is 5.56 Å². The number of terminal acetylenes is 1. The molecule has 1 heterocycles.